The molecule has 0 saturated carbocycles. The van der Waals surface area contributed by atoms with E-state index in [1.54, 1.807) is 6.92 Å². The molecule has 3 rings (SSSR count). The normalized spacial score (nSPS) is 16.5. The molecule has 7 nitrogen and oxygen atoms in total. The van der Waals surface area contributed by atoms with E-state index in [4.69, 9.17) is 9.47 Å². The molecule has 1 atom stereocenters. The van der Waals surface area contributed by atoms with E-state index in [0.29, 0.717) is 5.56 Å². The van der Waals surface area contributed by atoms with Crippen LogP contribution in [0.4, 0.5) is 0 Å². The predicted octanol–water partition coefficient (Wildman–Crippen LogP) is 1.72. The predicted molar refractivity (Wildman–Crippen MR) is 74.2 cm³/mol. The fourth-order valence-corrected chi connectivity index (χ4v) is 2.82. The Bertz CT molecular complexity index is 838. The molecule has 1 unspecified atom stereocenters. The van der Waals surface area contributed by atoms with Crippen LogP contribution in [0.15, 0.2) is 12.1 Å². The number of esters is 1. The minimum absolute atomic E-state index is 0.0868. The van der Waals surface area contributed by atoms with Gasteiger partial charge in [0.05, 0.1) is 12.7 Å². The number of carboxylic acids is 1. The van der Waals surface area contributed by atoms with Gasteiger partial charge in [0, 0.05) is 22.4 Å². The van der Waals surface area contributed by atoms with Crippen LogP contribution in [0.2, 0.25) is 0 Å². The summed E-state index contributed by atoms with van der Waals surface area (Å²) in [6, 6.07) is 2.52. The van der Waals surface area contributed by atoms with Crippen molar-refractivity contribution in [2.75, 3.05) is 7.11 Å². The number of carboxylic acid groups (broad SMARTS) is 1. The van der Waals surface area contributed by atoms with Crippen LogP contribution >= 0.6 is 0 Å². The molecular weight excluding hydrogens is 292 g/mol. The summed E-state index contributed by atoms with van der Waals surface area (Å²) in [5, 5.41) is 29.7. The van der Waals surface area contributed by atoms with Gasteiger partial charge in [-0.25, -0.2) is 9.59 Å². The van der Waals surface area contributed by atoms with Crippen LogP contribution in [0.25, 0.3) is 10.8 Å². The van der Waals surface area contributed by atoms with E-state index in [9.17, 15) is 24.9 Å². The molecule has 22 heavy (non-hydrogen) atoms. The van der Waals surface area contributed by atoms with Crippen molar-refractivity contribution in [3.05, 3.63) is 34.4 Å². The molecule has 0 bridgehead atoms. The number of aliphatic hydroxyl groups is 1. The topological polar surface area (TPSA) is 113 Å². The van der Waals surface area contributed by atoms with Crippen molar-refractivity contribution in [1.82, 2.24) is 0 Å². The van der Waals surface area contributed by atoms with Crippen molar-refractivity contribution >= 4 is 22.7 Å². The number of aliphatic hydroxyl groups excluding tert-OH is 1. The maximum Gasteiger partial charge on any atom is 0.345 e. The highest BCUT2D eigenvalue weighted by molar-refractivity contribution is 6.17. The Morgan fingerprint density at radius 3 is 2.59 bits per heavy atom. The molecule has 0 amide bonds. The van der Waals surface area contributed by atoms with Crippen LogP contribution in [0.3, 0.4) is 0 Å². The minimum atomic E-state index is -1.53. The Morgan fingerprint density at radius 1 is 1.32 bits per heavy atom. The quantitative estimate of drug-likeness (QED) is 0.724. The molecule has 7 heteroatoms. The Labute approximate surface area is 124 Å². The summed E-state index contributed by atoms with van der Waals surface area (Å²) in [6.45, 7) is 1.59. The fourth-order valence-electron chi connectivity index (χ4n) is 2.82. The maximum atomic E-state index is 12.0. The monoisotopic (exact) mass is 304 g/mol. The number of carbonyl (C=O) groups excluding carboxylic acids is 1. The molecule has 3 N–H and O–H groups in total. The van der Waals surface area contributed by atoms with Crippen molar-refractivity contribution in [3.63, 3.8) is 0 Å². The highest BCUT2D eigenvalue weighted by atomic mass is 16.6. The third kappa shape index (κ3) is 1.72. The van der Waals surface area contributed by atoms with Gasteiger partial charge in [0.2, 0.25) is 6.29 Å². The highest BCUT2D eigenvalue weighted by Gasteiger charge is 2.34. The van der Waals surface area contributed by atoms with Gasteiger partial charge in [0.15, 0.2) is 0 Å². The maximum absolute atomic E-state index is 12.0. The number of aromatic carboxylic acids is 1. The average Bonchev–Trinajstić information content (AvgIpc) is 2.44. The van der Waals surface area contributed by atoms with Gasteiger partial charge in [-0.2, -0.15) is 0 Å². The molecule has 0 radical (unpaired) electrons. The molecule has 0 aliphatic carbocycles. The first-order chi connectivity index (χ1) is 10.4. The van der Waals surface area contributed by atoms with Crippen molar-refractivity contribution in [1.29, 1.82) is 0 Å². The zero-order valence-corrected chi connectivity index (χ0v) is 11.7. The molecule has 1 heterocycles. The number of phenolic OH excluding ortho intramolecular Hbond substituents is 1. The number of carbonyl (C=O) groups is 2. The molecular formula is C15H12O7. The summed E-state index contributed by atoms with van der Waals surface area (Å²) in [6.07, 6.45) is -1.53. The van der Waals surface area contributed by atoms with Gasteiger partial charge < -0.3 is 24.8 Å². The molecule has 0 saturated heterocycles. The first-order valence-electron chi connectivity index (χ1n) is 6.36. The Morgan fingerprint density at radius 2 is 2.00 bits per heavy atom. The number of aromatic hydroxyl groups is 1. The number of rotatable bonds is 2. The largest absolute Gasteiger partial charge is 0.507 e. The Balaban J connectivity index is 2.64. The summed E-state index contributed by atoms with van der Waals surface area (Å²) < 4.78 is 9.94. The van der Waals surface area contributed by atoms with E-state index in [2.05, 4.69) is 0 Å². The summed E-state index contributed by atoms with van der Waals surface area (Å²) in [5.41, 5.74) is 0.404. The van der Waals surface area contributed by atoms with Gasteiger partial charge in [-0.1, -0.05) is 0 Å². The van der Waals surface area contributed by atoms with Crippen molar-refractivity contribution in [2.45, 2.75) is 13.2 Å². The van der Waals surface area contributed by atoms with Gasteiger partial charge in [0.25, 0.3) is 0 Å². The third-order valence-electron chi connectivity index (χ3n) is 3.71. The standard InChI is InChI=1S/C15H12O7/c1-5-3-6(13(17)18)10-8(21-2)4-7(16)11-12(10)9(5)14(19)22-15(11)20/h3-4,14,16,19H,1-2H3,(H,17,18). The van der Waals surface area contributed by atoms with E-state index in [1.165, 1.54) is 13.2 Å². The lowest BCUT2D eigenvalue weighted by Gasteiger charge is -2.25. The molecule has 1 aliphatic heterocycles. The van der Waals surface area contributed by atoms with Crippen LogP contribution < -0.4 is 4.74 Å². The molecule has 0 fully saturated rings. The van der Waals surface area contributed by atoms with Gasteiger partial charge in [-0.05, 0) is 18.6 Å². The number of methoxy groups -OCH3 is 1. The van der Waals surface area contributed by atoms with Crippen molar-refractivity contribution < 1.29 is 34.4 Å². The van der Waals surface area contributed by atoms with Gasteiger partial charge in [0.1, 0.15) is 17.1 Å². The molecule has 0 spiro atoms. The lowest BCUT2D eigenvalue weighted by Crippen LogP contribution is -2.20. The zero-order chi connectivity index (χ0) is 16.2. The fraction of sp³-hybridized carbons (Fsp3) is 0.200. The summed E-state index contributed by atoms with van der Waals surface area (Å²) in [4.78, 5) is 23.5. The van der Waals surface area contributed by atoms with Gasteiger partial charge in [-0.3, -0.25) is 0 Å². The van der Waals surface area contributed by atoms with Gasteiger partial charge in [-0.15, -0.1) is 0 Å². The summed E-state index contributed by atoms with van der Waals surface area (Å²) in [7, 11) is 1.32. The lowest BCUT2D eigenvalue weighted by atomic mass is 9.89. The second-order valence-corrected chi connectivity index (χ2v) is 4.94. The average molecular weight is 304 g/mol. The number of aryl methyl sites for hydroxylation is 1. The number of phenols is 1. The van der Waals surface area contributed by atoms with E-state index in [0.717, 1.165) is 6.07 Å². The molecule has 0 aromatic heterocycles. The number of hydrogen-bond donors (Lipinski definition) is 3. The van der Waals surface area contributed by atoms with Crippen LogP contribution in [0.1, 0.15) is 38.1 Å². The second-order valence-electron chi connectivity index (χ2n) is 4.94. The van der Waals surface area contributed by atoms with Crippen LogP contribution in [0, 0.1) is 6.92 Å². The molecule has 114 valence electrons. The Kier molecular flexibility index (Phi) is 2.96. The van der Waals surface area contributed by atoms with E-state index < -0.39 is 24.0 Å². The summed E-state index contributed by atoms with van der Waals surface area (Å²) in [5.74, 6) is -2.44. The number of hydrogen-bond acceptors (Lipinski definition) is 6. The SMILES string of the molecule is COc1cc(O)c2c3c(c(C)cc(C(=O)O)c13)C(O)OC2=O. The molecule has 2 aromatic rings. The third-order valence-corrected chi connectivity index (χ3v) is 3.71. The van der Waals surface area contributed by atoms with E-state index in [-0.39, 0.29) is 33.2 Å². The van der Waals surface area contributed by atoms with E-state index >= 15 is 0 Å². The highest BCUT2D eigenvalue weighted by Crippen LogP contribution is 2.45. The van der Waals surface area contributed by atoms with Crippen molar-refractivity contribution in [3.8, 4) is 11.5 Å². The Hall–Kier alpha value is -2.80. The molecule has 1 aliphatic rings. The zero-order valence-electron chi connectivity index (χ0n) is 11.7. The van der Waals surface area contributed by atoms with Crippen molar-refractivity contribution in [2.24, 2.45) is 0 Å². The molecule has 2 aromatic carbocycles. The lowest BCUT2D eigenvalue weighted by molar-refractivity contribution is -0.0691. The summed E-state index contributed by atoms with van der Waals surface area (Å²) >= 11 is 0. The number of benzene rings is 2. The van der Waals surface area contributed by atoms with Crippen LogP contribution in [-0.4, -0.2) is 34.4 Å². The van der Waals surface area contributed by atoms with E-state index in [1.807, 2.05) is 0 Å². The first kappa shape index (κ1) is 14.2. The van der Waals surface area contributed by atoms with Crippen LogP contribution in [-0.2, 0) is 4.74 Å². The van der Waals surface area contributed by atoms with Crippen LogP contribution in [0.5, 0.6) is 11.5 Å². The van der Waals surface area contributed by atoms with Gasteiger partial charge >= 0.3 is 11.9 Å². The first-order valence-corrected chi connectivity index (χ1v) is 6.36. The number of ether oxygens (including phenoxy) is 2. The smallest absolute Gasteiger partial charge is 0.345 e. The minimum Gasteiger partial charge on any atom is -0.507 e. The number of cyclic esters (lactones) is 1. The second kappa shape index (κ2) is 4.60.